The van der Waals surface area contributed by atoms with Gasteiger partial charge in [-0.25, -0.2) is 12.7 Å². The van der Waals surface area contributed by atoms with Crippen molar-refractivity contribution in [3.05, 3.63) is 0 Å². The molecule has 3 N–H and O–H groups in total. The summed E-state index contributed by atoms with van der Waals surface area (Å²) in [4.78, 5) is 0. The highest BCUT2D eigenvalue weighted by molar-refractivity contribution is 7.89. The van der Waals surface area contributed by atoms with Crippen molar-refractivity contribution in [1.29, 1.82) is 0 Å². The highest BCUT2D eigenvalue weighted by Gasteiger charge is 2.23. The molecular weight excluding hydrogens is 230 g/mol. The van der Waals surface area contributed by atoms with E-state index in [-0.39, 0.29) is 24.1 Å². The molecule has 1 atom stereocenters. The fourth-order valence-corrected chi connectivity index (χ4v) is 2.78. The number of amidine groups is 1. The predicted octanol–water partition coefficient (Wildman–Crippen LogP) is 0.573. The van der Waals surface area contributed by atoms with E-state index in [1.54, 1.807) is 6.92 Å². The summed E-state index contributed by atoms with van der Waals surface area (Å²) in [5.41, 5.74) is 5.33. The van der Waals surface area contributed by atoms with Crippen molar-refractivity contribution in [2.75, 3.05) is 12.8 Å². The molecule has 0 rings (SSSR count). The zero-order valence-electron chi connectivity index (χ0n) is 10.0. The monoisotopic (exact) mass is 251 g/mol. The van der Waals surface area contributed by atoms with Gasteiger partial charge in [0.1, 0.15) is 5.84 Å². The Balaban J connectivity index is 4.47. The number of unbranched alkanes of at least 4 members (excludes halogenated alkanes) is 1. The third-order valence-electron chi connectivity index (χ3n) is 2.45. The van der Waals surface area contributed by atoms with E-state index in [0.717, 1.165) is 6.42 Å². The number of hydrogen-bond donors (Lipinski definition) is 2. The van der Waals surface area contributed by atoms with Crippen molar-refractivity contribution >= 4 is 15.9 Å². The largest absolute Gasteiger partial charge is 0.409 e. The van der Waals surface area contributed by atoms with E-state index < -0.39 is 10.0 Å². The van der Waals surface area contributed by atoms with Gasteiger partial charge in [0, 0.05) is 19.5 Å². The van der Waals surface area contributed by atoms with Crippen molar-refractivity contribution in [2.45, 2.75) is 39.2 Å². The molecule has 0 radical (unpaired) electrons. The lowest BCUT2D eigenvalue weighted by atomic mass is 10.2. The van der Waals surface area contributed by atoms with E-state index >= 15 is 0 Å². The van der Waals surface area contributed by atoms with Crippen molar-refractivity contribution in [1.82, 2.24) is 4.31 Å². The fraction of sp³-hybridized carbons (Fsp3) is 0.889. The van der Waals surface area contributed by atoms with Crippen LogP contribution in [0, 0.1) is 0 Å². The zero-order chi connectivity index (χ0) is 12.8. The number of nitrogens with zero attached hydrogens (tertiary/aromatic N) is 2. The van der Waals surface area contributed by atoms with Crippen molar-refractivity contribution < 1.29 is 13.6 Å². The van der Waals surface area contributed by atoms with Gasteiger partial charge < -0.3 is 10.9 Å². The molecule has 0 bridgehead atoms. The molecule has 0 aliphatic carbocycles. The SMILES string of the molecule is CCCCS(=O)(=O)N(C)C(C)CC(N)=NO. The molecule has 96 valence electrons. The molecule has 1 unspecified atom stereocenters. The van der Waals surface area contributed by atoms with Crippen molar-refractivity contribution in [2.24, 2.45) is 10.9 Å². The Morgan fingerprint density at radius 2 is 2.12 bits per heavy atom. The van der Waals surface area contributed by atoms with E-state index in [1.807, 2.05) is 6.92 Å². The van der Waals surface area contributed by atoms with Crippen molar-refractivity contribution in [3.63, 3.8) is 0 Å². The smallest absolute Gasteiger partial charge is 0.214 e. The summed E-state index contributed by atoms with van der Waals surface area (Å²) in [6.07, 6.45) is 1.70. The molecule has 0 amide bonds. The number of rotatable bonds is 7. The third-order valence-corrected chi connectivity index (χ3v) is 4.49. The molecule has 0 aliphatic heterocycles. The summed E-state index contributed by atoms with van der Waals surface area (Å²) in [6, 6.07) is -0.308. The highest BCUT2D eigenvalue weighted by Crippen LogP contribution is 2.09. The second-order valence-electron chi connectivity index (χ2n) is 3.83. The molecule has 0 heterocycles. The van der Waals surface area contributed by atoms with Gasteiger partial charge in [0.15, 0.2) is 0 Å². The maximum atomic E-state index is 11.8. The van der Waals surface area contributed by atoms with Crippen LogP contribution in [0.25, 0.3) is 0 Å². The zero-order valence-corrected chi connectivity index (χ0v) is 10.9. The Morgan fingerprint density at radius 1 is 1.56 bits per heavy atom. The number of sulfonamides is 1. The Bertz CT molecular complexity index is 327. The Morgan fingerprint density at radius 3 is 2.56 bits per heavy atom. The lowest BCUT2D eigenvalue weighted by molar-refractivity contribution is 0.313. The average molecular weight is 251 g/mol. The van der Waals surface area contributed by atoms with Crippen LogP contribution < -0.4 is 5.73 Å². The molecular formula is C9H21N3O3S. The summed E-state index contributed by atoms with van der Waals surface area (Å²) in [5.74, 6) is 0.172. The number of oxime groups is 1. The summed E-state index contributed by atoms with van der Waals surface area (Å²) in [5, 5.41) is 11.2. The Kier molecular flexibility index (Phi) is 6.35. The van der Waals surface area contributed by atoms with Gasteiger partial charge in [0.25, 0.3) is 0 Å². The molecule has 0 aromatic carbocycles. The normalized spacial score (nSPS) is 15.4. The topological polar surface area (TPSA) is 96.0 Å². The predicted molar refractivity (Wildman–Crippen MR) is 63.9 cm³/mol. The van der Waals surface area contributed by atoms with Crippen LogP contribution in [0.3, 0.4) is 0 Å². The van der Waals surface area contributed by atoms with Crippen LogP contribution >= 0.6 is 0 Å². The molecule has 0 aliphatic rings. The minimum atomic E-state index is -3.23. The Labute approximate surface area is 97.2 Å². The maximum Gasteiger partial charge on any atom is 0.214 e. The first-order valence-corrected chi connectivity index (χ1v) is 6.88. The van der Waals surface area contributed by atoms with Crippen LogP contribution in [0.15, 0.2) is 5.16 Å². The second-order valence-corrected chi connectivity index (χ2v) is 5.98. The lowest BCUT2D eigenvalue weighted by Crippen LogP contribution is -2.39. The van der Waals surface area contributed by atoms with Gasteiger partial charge in [-0.2, -0.15) is 0 Å². The van der Waals surface area contributed by atoms with E-state index in [1.165, 1.54) is 11.4 Å². The van der Waals surface area contributed by atoms with Crippen LogP contribution in [-0.2, 0) is 10.0 Å². The standard InChI is InChI=1S/C9H21N3O3S/c1-4-5-6-16(14,15)12(3)8(2)7-9(10)11-13/h8,13H,4-7H2,1-3H3,(H2,10,11). The van der Waals surface area contributed by atoms with E-state index in [4.69, 9.17) is 10.9 Å². The summed E-state index contributed by atoms with van der Waals surface area (Å²) >= 11 is 0. The third kappa shape index (κ3) is 4.80. The first-order chi connectivity index (χ1) is 7.35. The average Bonchev–Trinajstić information content (AvgIpc) is 2.24. The molecule has 16 heavy (non-hydrogen) atoms. The molecule has 0 saturated carbocycles. The van der Waals surface area contributed by atoms with Crippen molar-refractivity contribution in [3.8, 4) is 0 Å². The Hall–Kier alpha value is -0.820. The van der Waals surface area contributed by atoms with Gasteiger partial charge in [-0.05, 0) is 13.3 Å². The molecule has 0 aromatic rings. The first-order valence-electron chi connectivity index (χ1n) is 5.27. The molecule has 0 fully saturated rings. The van der Waals surface area contributed by atoms with Gasteiger partial charge in [-0.15, -0.1) is 0 Å². The van der Waals surface area contributed by atoms with E-state index in [2.05, 4.69) is 5.16 Å². The van der Waals surface area contributed by atoms with Crippen LogP contribution in [-0.4, -0.2) is 42.6 Å². The molecule has 6 nitrogen and oxygen atoms in total. The first kappa shape index (κ1) is 15.2. The van der Waals surface area contributed by atoms with Gasteiger partial charge in [0.05, 0.1) is 5.75 Å². The lowest BCUT2D eigenvalue weighted by Gasteiger charge is -2.23. The van der Waals surface area contributed by atoms with Gasteiger partial charge in [0.2, 0.25) is 10.0 Å². The van der Waals surface area contributed by atoms with Gasteiger partial charge in [-0.1, -0.05) is 18.5 Å². The van der Waals surface area contributed by atoms with Crippen LogP contribution in [0.2, 0.25) is 0 Å². The quantitative estimate of drug-likeness (QED) is 0.299. The minimum Gasteiger partial charge on any atom is -0.409 e. The van der Waals surface area contributed by atoms with E-state index in [9.17, 15) is 8.42 Å². The number of nitrogens with two attached hydrogens (primary N) is 1. The van der Waals surface area contributed by atoms with Crippen LogP contribution in [0.1, 0.15) is 33.1 Å². The maximum absolute atomic E-state index is 11.8. The van der Waals surface area contributed by atoms with Gasteiger partial charge >= 0.3 is 0 Å². The molecule has 0 spiro atoms. The fourth-order valence-electron chi connectivity index (χ4n) is 1.22. The molecule has 0 saturated heterocycles. The van der Waals surface area contributed by atoms with Crippen LogP contribution in [0.5, 0.6) is 0 Å². The van der Waals surface area contributed by atoms with Gasteiger partial charge in [-0.3, -0.25) is 0 Å². The molecule has 7 heteroatoms. The minimum absolute atomic E-state index is 0.0324. The summed E-state index contributed by atoms with van der Waals surface area (Å²) < 4.78 is 24.8. The summed E-state index contributed by atoms with van der Waals surface area (Å²) in [7, 11) is -1.72. The van der Waals surface area contributed by atoms with Crippen LogP contribution in [0.4, 0.5) is 0 Å². The summed E-state index contributed by atoms with van der Waals surface area (Å²) in [6.45, 7) is 3.66. The second kappa shape index (κ2) is 6.70. The molecule has 0 aromatic heterocycles. The number of hydrogen-bond acceptors (Lipinski definition) is 4. The highest BCUT2D eigenvalue weighted by atomic mass is 32.2. The van der Waals surface area contributed by atoms with E-state index in [0.29, 0.717) is 6.42 Å².